The first-order chi connectivity index (χ1) is 11.9. The zero-order valence-electron chi connectivity index (χ0n) is 13.6. The van der Waals surface area contributed by atoms with E-state index in [-0.39, 0.29) is 0 Å². The van der Waals surface area contributed by atoms with Gasteiger partial charge < -0.3 is 5.32 Å². The second-order valence-electron chi connectivity index (χ2n) is 5.77. The van der Waals surface area contributed by atoms with Crippen LogP contribution >= 0.6 is 11.3 Å². The average Bonchev–Trinajstić information content (AvgIpc) is 3.15. The van der Waals surface area contributed by atoms with Gasteiger partial charge in [-0.05, 0) is 29.0 Å². The molecule has 0 saturated carbocycles. The lowest BCUT2D eigenvalue weighted by Gasteiger charge is -2.16. The summed E-state index contributed by atoms with van der Waals surface area (Å²) >= 11 is 1.69. The molecule has 1 atom stereocenters. The number of hydrogen-bond donors (Lipinski definition) is 1. The van der Waals surface area contributed by atoms with Crippen LogP contribution in [0.3, 0.4) is 0 Å². The molecule has 1 nitrogen and oxygen atoms in total. The molecule has 0 saturated heterocycles. The molecule has 0 radical (unpaired) electrons. The van der Waals surface area contributed by atoms with Crippen molar-refractivity contribution in [2.24, 2.45) is 0 Å². The molecule has 1 aromatic heterocycles. The Bertz CT molecular complexity index is 767. The van der Waals surface area contributed by atoms with Crippen molar-refractivity contribution >= 4 is 11.3 Å². The molecule has 0 spiro atoms. The van der Waals surface area contributed by atoms with Gasteiger partial charge in [0, 0.05) is 30.0 Å². The number of nitrogens with one attached hydrogen (secondary N) is 1. The van der Waals surface area contributed by atoms with E-state index in [4.69, 9.17) is 0 Å². The molecule has 1 heterocycles. The molecule has 2 heteroatoms. The van der Waals surface area contributed by atoms with Crippen molar-refractivity contribution in [2.75, 3.05) is 0 Å². The van der Waals surface area contributed by atoms with Gasteiger partial charge in [0.15, 0.2) is 0 Å². The van der Waals surface area contributed by atoms with Crippen LogP contribution in [0.15, 0.2) is 77.5 Å². The molecule has 0 fully saturated rings. The van der Waals surface area contributed by atoms with Crippen LogP contribution in [0.1, 0.15) is 23.1 Å². The lowest BCUT2D eigenvalue weighted by atomic mass is 10.0. The van der Waals surface area contributed by atoms with E-state index in [1.807, 2.05) is 0 Å². The van der Waals surface area contributed by atoms with Gasteiger partial charge in [-0.3, -0.25) is 0 Å². The summed E-state index contributed by atoms with van der Waals surface area (Å²) in [4.78, 5) is 0. The molecule has 1 N–H and O–H groups in total. The molecule has 0 aliphatic rings. The van der Waals surface area contributed by atoms with E-state index in [0.29, 0.717) is 6.04 Å². The molecule has 24 heavy (non-hydrogen) atoms. The lowest BCUT2D eigenvalue weighted by Crippen LogP contribution is -2.30. The summed E-state index contributed by atoms with van der Waals surface area (Å²) in [6.07, 6.45) is 1.84. The summed E-state index contributed by atoms with van der Waals surface area (Å²) in [7, 11) is 0. The highest BCUT2D eigenvalue weighted by Gasteiger charge is 2.08. The third-order valence-electron chi connectivity index (χ3n) is 3.86. The van der Waals surface area contributed by atoms with Crippen molar-refractivity contribution in [1.82, 2.24) is 5.32 Å². The minimum Gasteiger partial charge on any atom is -0.309 e. The van der Waals surface area contributed by atoms with Crippen molar-refractivity contribution in [2.45, 2.75) is 25.4 Å². The third kappa shape index (κ3) is 5.38. The maximum atomic E-state index is 3.66. The van der Waals surface area contributed by atoms with Crippen molar-refractivity contribution in [3.8, 4) is 11.8 Å². The van der Waals surface area contributed by atoms with Gasteiger partial charge in [0.2, 0.25) is 0 Å². The average molecular weight is 331 g/mol. The largest absolute Gasteiger partial charge is 0.309 e. The Balaban J connectivity index is 1.63. The van der Waals surface area contributed by atoms with E-state index >= 15 is 0 Å². The molecule has 0 bridgehead atoms. The molecule has 0 amide bonds. The van der Waals surface area contributed by atoms with Crippen molar-refractivity contribution in [3.63, 3.8) is 0 Å². The van der Waals surface area contributed by atoms with Crippen LogP contribution in [0, 0.1) is 11.8 Å². The van der Waals surface area contributed by atoms with Gasteiger partial charge >= 0.3 is 0 Å². The van der Waals surface area contributed by atoms with Gasteiger partial charge in [-0.1, -0.05) is 72.5 Å². The second-order valence-corrected chi connectivity index (χ2v) is 6.55. The van der Waals surface area contributed by atoms with Gasteiger partial charge in [0.25, 0.3) is 0 Å². The Labute approximate surface area is 148 Å². The smallest absolute Gasteiger partial charge is 0.0352 e. The minimum atomic E-state index is 0.346. The van der Waals surface area contributed by atoms with E-state index in [1.165, 1.54) is 11.1 Å². The first kappa shape index (κ1) is 16.5. The number of thiophene rings is 1. The molecule has 0 aliphatic heterocycles. The van der Waals surface area contributed by atoms with Crippen LogP contribution in [0.5, 0.6) is 0 Å². The monoisotopic (exact) mass is 331 g/mol. The Morgan fingerprint density at radius 3 is 2.25 bits per heavy atom. The van der Waals surface area contributed by atoms with Crippen LogP contribution in [-0.4, -0.2) is 6.04 Å². The van der Waals surface area contributed by atoms with Crippen LogP contribution in [0.2, 0.25) is 0 Å². The van der Waals surface area contributed by atoms with E-state index in [1.54, 1.807) is 11.3 Å². The molecule has 0 aliphatic carbocycles. The maximum Gasteiger partial charge on any atom is 0.0352 e. The predicted octanol–water partition coefficient (Wildman–Crippen LogP) is 4.89. The van der Waals surface area contributed by atoms with E-state index in [9.17, 15) is 0 Å². The summed E-state index contributed by atoms with van der Waals surface area (Å²) in [6.45, 7) is 0.873. The minimum absolute atomic E-state index is 0.346. The number of benzene rings is 2. The van der Waals surface area contributed by atoms with Crippen LogP contribution in [0.4, 0.5) is 0 Å². The second kappa shape index (κ2) is 9.08. The summed E-state index contributed by atoms with van der Waals surface area (Å²) in [6, 6.07) is 23.6. The van der Waals surface area contributed by atoms with Gasteiger partial charge in [0.05, 0.1) is 0 Å². The highest BCUT2D eigenvalue weighted by Crippen LogP contribution is 2.08. The zero-order chi connectivity index (χ0) is 16.5. The highest BCUT2D eigenvalue weighted by molar-refractivity contribution is 7.08. The highest BCUT2D eigenvalue weighted by atomic mass is 32.1. The molecule has 2 aromatic carbocycles. The molecular weight excluding hydrogens is 310 g/mol. The molecule has 120 valence electrons. The quantitative estimate of drug-likeness (QED) is 0.634. The first-order valence-corrected chi connectivity index (χ1v) is 9.17. The Hall–Kier alpha value is -2.34. The van der Waals surface area contributed by atoms with Gasteiger partial charge in [-0.25, -0.2) is 0 Å². The molecule has 3 rings (SSSR count). The molecule has 0 unspecified atom stereocenters. The standard InChI is InChI=1S/C22H21NS/c1-3-8-19(9-4-1)16-22(13-7-12-21-14-15-24-18-21)23-17-20-10-5-2-6-11-20/h1-6,8-11,14-15,18,22-23H,13,16-17H2/t22-/m0/s1. The normalized spacial score (nSPS) is 11.5. The number of rotatable bonds is 6. The van der Waals surface area contributed by atoms with E-state index < -0.39 is 0 Å². The fraction of sp³-hybridized carbons (Fsp3) is 0.182. The lowest BCUT2D eigenvalue weighted by molar-refractivity contribution is 0.517. The summed E-state index contributed by atoms with van der Waals surface area (Å²) in [5.74, 6) is 6.60. The maximum absolute atomic E-state index is 3.66. The van der Waals surface area contributed by atoms with Crippen molar-refractivity contribution < 1.29 is 0 Å². The number of hydrogen-bond acceptors (Lipinski definition) is 2. The fourth-order valence-electron chi connectivity index (χ4n) is 2.59. The first-order valence-electron chi connectivity index (χ1n) is 8.22. The van der Waals surface area contributed by atoms with Crippen LogP contribution in [0.25, 0.3) is 0 Å². The van der Waals surface area contributed by atoms with Gasteiger partial charge in [0.1, 0.15) is 0 Å². The molecule has 3 aromatic rings. The van der Waals surface area contributed by atoms with Crippen LogP contribution in [-0.2, 0) is 13.0 Å². The topological polar surface area (TPSA) is 12.0 Å². The van der Waals surface area contributed by atoms with E-state index in [2.05, 4.69) is 94.6 Å². The van der Waals surface area contributed by atoms with Crippen LogP contribution < -0.4 is 5.32 Å². The Morgan fingerprint density at radius 1 is 0.875 bits per heavy atom. The van der Waals surface area contributed by atoms with Crippen molar-refractivity contribution in [1.29, 1.82) is 0 Å². The van der Waals surface area contributed by atoms with Crippen molar-refractivity contribution in [3.05, 3.63) is 94.2 Å². The Kier molecular flexibility index (Phi) is 6.25. The van der Waals surface area contributed by atoms with Gasteiger partial charge in [-0.15, -0.1) is 0 Å². The predicted molar refractivity (Wildman–Crippen MR) is 103 cm³/mol. The van der Waals surface area contributed by atoms with E-state index in [0.717, 1.165) is 24.9 Å². The fourth-order valence-corrected chi connectivity index (χ4v) is 3.17. The molecular formula is C22H21NS. The SMILES string of the molecule is C(#Cc1ccsc1)C[C@@H](Cc1ccccc1)NCc1ccccc1. The summed E-state index contributed by atoms with van der Waals surface area (Å²) in [5.41, 5.74) is 3.77. The van der Waals surface area contributed by atoms with Gasteiger partial charge in [-0.2, -0.15) is 11.3 Å². The summed E-state index contributed by atoms with van der Waals surface area (Å²) in [5, 5.41) is 7.83. The Morgan fingerprint density at radius 2 is 1.58 bits per heavy atom. The summed E-state index contributed by atoms with van der Waals surface area (Å²) < 4.78 is 0. The zero-order valence-corrected chi connectivity index (χ0v) is 14.4. The third-order valence-corrected chi connectivity index (χ3v) is 4.55.